The van der Waals surface area contributed by atoms with Crippen LogP contribution in [-0.4, -0.2) is 24.6 Å². The first-order chi connectivity index (χ1) is 8.88. The highest BCUT2D eigenvalue weighted by Crippen LogP contribution is 2.07. The van der Waals surface area contributed by atoms with E-state index in [9.17, 15) is 14.4 Å². The van der Waals surface area contributed by atoms with Crippen molar-refractivity contribution in [3.63, 3.8) is 0 Å². The number of nitrogens with one attached hydrogen (secondary N) is 2. The van der Waals surface area contributed by atoms with Gasteiger partial charge in [0.25, 0.3) is 11.5 Å². The number of aryl methyl sites for hydroxylation is 1. The summed E-state index contributed by atoms with van der Waals surface area (Å²) in [5, 5.41) is 0. The first-order valence-electron chi connectivity index (χ1n) is 5.26. The van der Waals surface area contributed by atoms with E-state index >= 15 is 0 Å². The number of amides is 1. The molecule has 0 radical (unpaired) electrons. The van der Waals surface area contributed by atoms with Crippen molar-refractivity contribution in [2.45, 2.75) is 6.54 Å². The Bertz CT molecular complexity index is 838. The second-order valence-electron chi connectivity index (χ2n) is 3.99. The standard InChI is InChI=1S/C9H12N6O3S/c1-13-6-5(7(17)14(2)9(13)18)15(8(19)11-6)3-4(16)12-10/h3,10H2,1-2H3,(H,11,19)(H,12,16). The zero-order valence-electron chi connectivity index (χ0n) is 10.3. The molecule has 0 aliphatic rings. The number of fused-ring (bicyclic) bond motifs is 1. The van der Waals surface area contributed by atoms with Gasteiger partial charge in [-0.15, -0.1) is 0 Å². The summed E-state index contributed by atoms with van der Waals surface area (Å²) in [7, 11) is 2.86. The molecule has 0 saturated carbocycles. The molecule has 0 saturated heterocycles. The fourth-order valence-corrected chi connectivity index (χ4v) is 2.08. The minimum Gasteiger partial charge on any atom is -0.316 e. The van der Waals surface area contributed by atoms with Crippen molar-refractivity contribution in [3.8, 4) is 0 Å². The van der Waals surface area contributed by atoms with E-state index in [-0.39, 0.29) is 22.5 Å². The van der Waals surface area contributed by atoms with Gasteiger partial charge in [0, 0.05) is 14.1 Å². The molecule has 0 bridgehead atoms. The molecule has 1 amide bonds. The van der Waals surface area contributed by atoms with Crippen LogP contribution in [0.25, 0.3) is 11.2 Å². The van der Waals surface area contributed by atoms with Crippen LogP contribution in [0, 0.1) is 4.77 Å². The lowest BCUT2D eigenvalue weighted by atomic mass is 10.5. The third-order valence-corrected chi connectivity index (χ3v) is 3.17. The molecule has 0 aliphatic heterocycles. The van der Waals surface area contributed by atoms with Crippen molar-refractivity contribution in [2.75, 3.05) is 0 Å². The summed E-state index contributed by atoms with van der Waals surface area (Å²) >= 11 is 5.05. The number of hydrazine groups is 1. The molecule has 102 valence electrons. The lowest BCUT2D eigenvalue weighted by Gasteiger charge is -2.05. The van der Waals surface area contributed by atoms with Gasteiger partial charge in [0.05, 0.1) is 0 Å². The molecule has 9 nitrogen and oxygen atoms in total. The highest BCUT2D eigenvalue weighted by Gasteiger charge is 2.16. The molecule has 10 heteroatoms. The second kappa shape index (κ2) is 4.48. The zero-order chi connectivity index (χ0) is 14.3. The van der Waals surface area contributed by atoms with Crippen molar-refractivity contribution in [3.05, 3.63) is 25.6 Å². The monoisotopic (exact) mass is 284 g/mol. The fraction of sp³-hybridized carbons (Fsp3) is 0.333. The summed E-state index contributed by atoms with van der Waals surface area (Å²) in [6, 6.07) is 0. The topological polar surface area (TPSA) is 120 Å². The van der Waals surface area contributed by atoms with E-state index in [1.165, 1.54) is 23.2 Å². The van der Waals surface area contributed by atoms with Gasteiger partial charge in [-0.1, -0.05) is 0 Å². The van der Waals surface area contributed by atoms with Gasteiger partial charge in [0.15, 0.2) is 10.3 Å². The Balaban J connectivity index is 2.92. The maximum Gasteiger partial charge on any atom is 0.332 e. The van der Waals surface area contributed by atoms with Crippen LogP contribution in [0.5, 0.6) is 0 Å². The van der Waals surface area contributed by atoms with Crippen LogP contribution in [-0.2, 0) is 25.4 Å². The summed E-state index contributed by atoms with van der Waals surface area (Å²) in [5.41, 5.74) is 1.36. The normalized spacial score (nSPS) is 10.9. The molecule has 4 N–H and O–H groups in total. The van der Waals surface area contributed by atoms with Crippen LogP contribution < -0.4 is 22.5 Å². The largest absolute Gasteiger partial charge is 0.332 e. The van der Waals surface area contributed by atoms with Crippen LogP contribution in [0.15, 0.2) is 9.59 Å². The number of H-pyrrole nitrogens is 1. The number of carbonyl (C=O) groups is 1. The van der Waals surface area contributed by atoms with Crippen molar-refractivity contribution < 1.29 is 4.79 Å². The Morgan fingerprint density at radius 2 is 2.00 bits per heavy atom. The Kier molecular flexibility index (Phi) is 3.12. The van der Waals surface area contributed by atoms with Crippen LogP contribution in [0.3, 0.4) is 0 Å². The fourth-order valence-electron chi connectivity index (χ4n) is 1.82. The minimum atomic E-state index is -0.532. The van der Waals surface area contributed by atoms with Gasteiger partial charge >= 0.3 is 5.69 Å². The Morgan fingerprint density at radius 3 is 2.58 bits per heavy atom. The summed E-state index contributed by atoms with van der Waals surface area (Å²) in [5.74, 6) is 4.50. The van der Waals surface area contributed by atoms with Gasteiger partial charge in [-0.25, -0.2) is 10.6 Å². The lowest BCUT2D eigenvalue weighted by molar-refractivity contribution is -0.121. The molecule has 2 rings (SSSR count). The van der Waals surface area contributed by atoms with Crippen molar-refractivity contribution in [1.29, 1.82) is 0 Å². The quantitative estimate of drug-likeness (QED) is 0.257. The van der Waals surface area contributed by atoms with Gasteiger partial charge in [0.2, 0.25) is 0 Å². The van der Waals surface area contributed by atoms with E-state index in [1.54, 1.807) is 0 Å². The Hall–Kier alpha value is -2.20. The van der Waals surface area contributed by atoms with E-state index in [2.05, 4.69) is 4.98 Å². The maximum absolute atomic E-state index is 12.1. The van der Waals surface area contributed by atoms with Gasteiger partial charge in [-0.3, -0.25) is 24.1 Å². The van der Waals surface area contributed by atoms with Gasteiger partial charge in [-0.2, -0.15) is 0 Å². The number of aromatic nitrogens is 4. The highest BCUT2D eigenvalue weighted by molar-refractivity contribution is 7.71. The Labute approximate surface area is 111 Å². The molecule has 2 heterocycles. The molecule has 2 aromatic heterocycles. The van der Waals surface area contributed by atoms with E-state index in [1.807, 2.05) is 5.43 Å². The average Bonchev–Trinajstić information content (AvgIpc) is 2.71. The first-order valence-corrected chi connectivity index (χ1v) is 5.67. The van der Waals surface area contributed by atoms with Crippen LogP contribution in [0.1, 0.15) is 0 Å². The van der Waals surface area contributed by atoms with Crippen LogP contribution in [0.4, 0.5) is 0 Å². The first kappa shape index (κ1) is 13.2. The number of nitrogens with two attached hydrogens (primary N) is 1. The average molecular weight is 284 g/mol. The van der Waals surface area contributed by atoms with E-state index < -0.39 is 17.2 Å². The van der Waals surface area contributed by atoms with Gasteiger partial charge in [-0.05, 0) is 12.2 Å². The molecule has 0 unspecified atom stereocenters. The number of imidazole rings is 1. The third kappa shape index (κ3) is 1.90. The smallest absolute Gasteiger partial charge is 0.316 e. The van der Waals surface area contributed by atoms with Crippen LogP contribution >= 0.6 is 12.2 Å². The third-order valence-electron chi connectivity index (χ3n) is 2.84. The predicted molar refractivity (Wildman–Crippen MR) is 69.9 cm³/mol. The molecule has 2 aromatic rings. The molecular weight excluding hydrogens is 272 g/mol. The number of hydrogen-bond donors (Lipinski definition) is 3. The molecule has 0 fully saturated rings. The molecule has 0 aliphatic carbocycles. The summed E-state index contributed by atoms with van der Waals surface area (Å²) in [6.45, 7) is -0.206. The maximum atomic E-state index is 12.1. The number of carbonyl (C=O) groups excluding carboxylic acids is 1. The predicted octanol–water partition coefficient (Wildman–Crippen LogP) is -1.91. The Morgan fingerprint density at radius 1 is 1.37 bits per heavy atom. The molecule has 0 aromatic carbocycles. The number of hydrogen-bond acceptors (Lipinski definition) is 5. The second-order valence-corrected chi connectivity index (χ2v) is 4.37. The summed E-state index contributed by atoms with van der Waals surface area (Å²) in [6.07, 6.45) is 0. The zero-order valence-corrected chi connectivity index (χ0v) is 11.1. The number of aromatic amines is 1. The number of nitrogens with zero attached hydrogens (tertiary/aromatic N) is 3. The summed E-state index contributed by atoms with van der Waals surface area (Å²) in [4.78, 5) is 37.9. The van der Waals surface area contributed by atoms with E-state index in [4.69, 9.17) is 18.1 Å². The SMILES string of the molecule is Cn1c(=O)c2c([nH]c(=S)n2CC(=O)NN)n(C)c1=O. The highest BCUT2D eigenvalue weighted by atomic mass is 32.1. The van der Waals surface area contributed by atoms with Crippen molar-refractivity contribution in [1.82, 2.24) is 24.1 Å². The van der Waals surface area contributed by atoms with E-state index in [0.29, 0.717) is 0 Å². The number of rotatable bonds is 2. The molecular formula is C9H12N6O3S. The minimum absolute atomic E-state index is 0.151. The van der Waals surface area contributed by atoms with Gasteiger partial charge < -0.3 is 9.55 Å². The van der Waals surface area contributed by atoms with Crippen molar-refractivity contribution in [2.24, 2.45) is 19.9 Å². The summed E-state index contributed by atoms with van der Waals surface area (Å²) < 4.78 is 3.66. The van der Waals surface area contributed by atoms with E-state index in [0.717, 1.165) is 4.57 Å². The molecule has 0 spiro atoms. The molecule has 19 heavy (non-hydrogen) atoms. The van der Waals surface area contributed by atoms with Crippen LogP contribution in [0.2, 0.25) is 0 Å². The lowest BCUT2D eigenvalue weighted by Crippen LogP contribution is -2.38. The van der Waals surface area contributed by atoms with Crippen molar-refractivity contribution >= 4 is 29.3 Å². The molecule has 0 atom stereocenters. The van der Waals surface area contributed by atoms with Gasteiger partial charge in [0.1, 0.15) is 12.2 Å².